The fourth-order valence-electron chi connectivity index (χ4n) is 1.22. The number of hydrogen-bond donors (Lipinski definition) is 2. The van der Waals surface area contributed by atoms with Gasteiger partial charge in [-0.05, 0) is 18.6 Å². The number of benzene rings is 1. The highest BCUT2D eigenvalue weighted by molar-refractivity contribution is 7.92. The van der Waals surface area contributed by atoms with Crippen LogP contribution in [0, 0.1) is 5.82 Å². The van der Waals surface area contributed by atoms with Crippen LogP contribution in [-0.4, -0.2) is 33.0 Å². The molecular weight excluding hydrogens is 249 g/mol. The third-order valence-corrected chi connectivity index (χ3v) is 3.37. The van der Waals surface area contributed by atoms with Crippen molar-refractivity contribution >= 4 is 15.7 Å². The number of sulfonamides is 1. The van der Waals surface area contributed by atoms with E-state index in [9.17, 15) is 12.8 Å². The SMILES string of the molecule is COc1ccc(NS(=O)(=O)CCCO)cc1F. The molecule has 1 aromatic rings. The minimum Gasteiger partial charge on any atom is -0.494 e. The van der Waals surface area contributed by atoms with Crippen molar-refractivity contribution in [2.24, 2.45) is 0 Å². The van der Waals surface area contributed by atoms with Gasteiger partial charge >= 0.3 is 0 Å². The van der Waals surface area contributed by atoms with Crippen molar-refractivity contribution < 1.29 is 22.7 Å². The topological polar surface area (TPSA) is 75.6 Å². The molecule has 0 saturated carbocycles. The molecule has 1 aromatic carbocycles. The van der Waals surface area contributed by atoms with E-state index in [1.165, 1.54) is 19.2 Å². The second kappa shape index (κ2) is 5.83. The average Bonchev–Trinajstić information content (AvgIpc) is 2.26. The Balaban J connectivity index is 2.78. The molecule has 0 unspecified atom stereocenters. The fraction of sp³-hybridized carbons (Fsp3) is 0.400. The van der Waals surface area contributed by atoms with Crippen LogP contribution in [0.1, 0.15) is 6.42 Å². The Hall–Kier alpha value is -1.34. The smallest absolute Gasteiger partial charge is 0.232 e. The van der Waals surface area contributed by atoms with Crippen molar-refractivity contribution in [2.75, 3.05) is 24.2 Å². The highest BCUT2D eigenvalue weighted by Gasteiger charge is 2.11. The number of aliphatic hydroxyl groups excluding tert-OH is 1. The number of hydrogen-bond acceptors (Lipinski definition) is 4. The lowest BCUT2D eigenvalue weighted by Crippen LogP contribution is -2.17. The second-order valence-electron chi connectivity index (χ2n) is 3.35. The zero-order chi connectivity index (χ0) is 12.9. The second-order valence-corrected chi connectivity index (χ2v) is 5.19. The molecule has 0 spiro atoms. The summed E-state index contributed by atoms with van der Waals surface area (Å²) >= 11 is 0. The molecule has 0 heterocycles. The molecule has 0 radical (unpaired) electrons. The number of halogens is 1. The van der Waals surface area contributed by atoms with Crippen molar-refractivity contribution in [3.8, 4) is 5.75 Å². The molecule has 7 heteroatoms. The van der Waals surface area contributed by atoms with E-state index in [1.54, 1.807) is 0 Å². The molecule has 0 saturated heterocycles. The van der Waals surface area contributed by atoms with Gasteiger partial charge in [0.15, 0.2) is 11.6 Å². The van der Waals surface area contributed by atoms with Crippen LogP contribution in [-0.2, 0) is 10.0 Å². The molecule has 0 aliphatic carbocycles. The van der Waals surface area contributed by atoms with Crippen molar-refractivity contribution in [1.82, 2.24) is 0 Å². The van der Waals surface area contributed by atoms with Crippen molar-refractivity contribution in [2.45, 2.75) is 6.42 Å². The van der Waals surface area contributed by atoms with E-state index in [-0.39, 0.29) is 30.2 Å². The van der Waals surface area contributed by atoms with Gasteiger partial charge in [-0.3, -0.25) is 4.72 Å². The molecule has 2 N–H and O–H groups in total. The highest BCUT2D eigenvalue weighted by Crippen LogP contribution is 2.21. The minimum absolute atomic E-state index is 0.0447. The lowest BCUT2D eigenvalue weighted by atomic mass is 10.3. The van der Waals surface area contributed by atoms with E-state index >= 15 is 0 Å². The Kier molecular flexibility index (Phi) is 4.71. The first-order valence-electron chi connectivity index (χ1n) is 4.93. The Labute approximate surface area is 99.3 Å². The Morgan fingerprint density at radius 3 is 2.71 bits per heavy atom. The summed E-state index contributed by atoms with van der Waals surface area (Å²) in [5, 5.41) is 8.54. The molecule has 0 fully saturated rings. The maximum atomic E-state index is 13.3. The average molecular weight is 263 g/mol. The van der Waals surface area contributed by atoms with E-state index in [1.807, 2.05) is 0 Å². The third kappa shape index (κ3) is 4.20. The Morgan fingerprint density at radius 2 is 2.18 bits per heavy atom. The quantitative estimate of drug-likeness (QED) is 0.801. The number of aliphatic hydroxyl groups is 1. The van der Waals surface area contributed by atoms with Crippen LogP contribution in [0.25, 0.3) is 0 Å². The summed E-state index contributed by atoms with van der Waals surface area (Å²) in [5.74, 6) is -0.810. The van der Waals surface area contributed by atoms with E-state index in [4.69, 9.17) is 9.84 Å². The van der Waals surface area contributed by atoms with E-state index in [2.05, 4.69) is 4.72 Å². The minimum atomic E-state index is -3.55. The lowest BCUT2D eigenvalue weighted by Gasteiger charge is -2.08. The number of methoxy groups -OCH3 is 1. The van der Waals surface area contributed by atoms with E-state index in [0.29, 0.717) is 0 Å². The van der Waals surface area contributed by atoms with Gasteiger partial charge in [0.2, 0.25) is 10.0 Å². The molecule has 0 amide bonds. The van der Waals surface area contributed by atoms with Crippen LogP contribution in [0.4, 0.5) is 10.1 Å². The zero-order valence-electron chi connectivity index (χ0n) is 9.31. The summed E-state index contributed by atoms with van der Waals surface area (Å²) in [4.78, 5) is 0. The number of anilines is 1. The molecule has 5 nitrogen and oxygen atoms in total. The van der Waals surface area contributed by atoms with Crippen LogP contribution >= 0.6 is 0 Å². The molecule has 0 bridgehead atoms. The highest BCUT2D eigenvalue weighted by atomic mass is 32.2. The maximum absolute atomic E-state index is 13.3. The van der Waals surface area contributed by atoms with Crippen LogP contribution in [0.15, 0.2) is 18.2 Å². The molecule has 1 rings (SSSR count). The van der Waals surface area contributed by atoms with Crippen LogP contribution in [0.2, 0.25) is 0 Å². The first-order valence-corrected chi connectivity index (χ1v) is 6.58. The monoisotopic (exact) mass is 263 g/mol. The Bertz CT molecular complexity index is 475. The Morgan fingerprint density at radius 1 is 1.47 bits per heavy atom. The summed E-state index contributed by atoms with van der Waals surface area (Å²) in [6.07, 6.45) is 0.133. The summed E-state index contributed by atoms with van der Waals surface area (Å²) < 4.78 is 43.1. The lowest BCUT2D eigenvalue weighted by molar-refractivity contribution is 0.295. The van der Waals surface area contributed by atoms with Gasteiger partial charge in [-0.25, -0.2) is 12.8 Å². The third-order valence-electron chi connectivity index (χ3n) is 2.00. The fourth-order valence-corrected chi connectivity index (χ4v) is 2.31. The zero-order valence-corrected chi connectivity index (χ0v) is 10.1. The van der Waals surface area contributed by atoms with Gasteiger partial charge in [0.1, 0.15) is 0 Å². The molecular formula is C10H14FNO4S. The summed E-state index contributed by atoms with van der Waals surface area (Å²) in [7, 11) is -2.23. The number of ether oxygens (including phenoxy) is 1. The first kappa shape index (κ1) is 13.7. The van der Waals surface area contributed by atoms with Gasteiger partial charge in [-0.1, -0.05) is 0 Å². The van der Waals surface area contributed by atoms with Gasteiger partial charge in [-0.2, -0.15) is 0 Å². The molecule has 0 aliphatic heterocycles. The van der Waals surface area contributed by atoms with Crippen LogP contribution in [0.5, 0.6) is 5.75 Å². The van der Waals surface area contributed by atoms with Gasteiger partial charge in [0.05, 0.1) is 18.6 Å². The molecule has 0 aromatic heterocycles. The van der Waals surface area contributed by atoms with Crippen molar-refractivity contribution in [1.29, 1.82) is 0 Å². The number of nitrogens with one attached hydrogen (secondary N) is 1. The van der Waals surface area contributed by atoms with Crippen molar-refractivity contribution in [3.63, 3.8) is 0 Å². The normalized spacial score (nSPS) is 11.2. The molecule has 0 aliphatic rings. The molecule has 17 heavy (non-hydrogen) atoms. The van der Waals surface area contributed by atoms with Crippen LogP contribution in [0.3, 0.4) is 0 Å². The van der Waals surface area contributed by atoms with E-state index in [0.717, 1.165) is 6.07 Å². The number of rotatable bonds is 6. The van der Waals surface area contributed by atoms with E-state index < -0.39 is 15.8 Å². The standard InChI is InChI=1S/C10H14FNO4S/c1-16-10-4-3-8(7-9(10)11)12-17(14,15)6-2-5-13/h3-4,7,12-13H,2,5-6H2,1H3. The summed E-state index contributed by atoms with van der Waals surface area (Å²) in [6, 6.07) is 3.77. The van der Waals surface area contributed by atoms with Crippen LogP contribution < -0.4 is 9.46 Å². The van der Waals surface area contributed by atoms with Gasteiger partial charge in [-0.15, -0.1) is 0 Å². The largest absolute Gasteiger partial charge is 0.494 e. The summed E-state index contributed by atoms with van der Waals surface area (Å²) in [6.45, 7) is -0.210. The van der Waals surface area contributed by atoms with Gasteiger partial charge < -0.3 is 9.84 Å². The molecule has 96 valence electrons. The predicted octanol–water partition coefficient (Wildman–Crippen LogP) is 0.958. The van der Waals surface area contributed by atoms with Gasteiger partial charge in [0, 0.05) is 12.7 Å². The van der Waals surface area contributed by atoms with Crippen molar-refractivity contribution in [3.05, 3.63) is 24.0 Å². The van der Waals surface area contributed by atoms with Gasteiger partial charge in [0.25, 0.3) is 0 Å². The maximum Gasteiger partial charge on any atom is 0.232 e. The summed E-state index contributed by atoms with van der Waals surface area (Å²) in [5.41, 5.74) is 0.126. The first-order chi connectivity index (χ1) is 7.98. The molecule has 0 atom stereocenters. The predicted molar refractivity (Wildman–Crippen MR) is 62.1 cm³/mol.